The Bertz CT molecular complexity index is 2510. The van der Waals surface area contributed by atoms with Gasteiger partial charge in [-0.25, -0.2) is 14.8 Å². The molecule has 67 heavy (non-hydrogen) atoms. The minimum Gasteiger partial charge on any atom is -0.496 e. The largest absolute Gasteiger partial charge is 0.496 e. The van der Waals surface area contributed by atoms with E-state index in [0.717, 1.165) is 68.4 Å². The SMILES string of the molecule is COc1cc2nc(C)nc(N[C@H](C)c3cc(N)cc(C(F)(F)F)c3)c2cc1C1CCC(C(=O)N2CCN(CCOC3CCN(C(=O)c4ccc(Cl)c(N5CCC(=O)NC5=O)c4)CC3)CC2)CC1. The predicted molar refractivity (Wildman–Crippen MR) is 248 cm³/mol. The van der Waals surface area contributed by atoms with Crippen molar-refractivity contribution in [2.75, 3.05) is 82.0 Å². The molecule has 0 spiro atoms. The number of nitrogens with two attached hydrogens (primary N) is 1. The molecule has 3 saturated heterocycles. The Morgan fingerprint density at radius 3 is 2.34 bits per heavy atom. The van der Waals surface area contributed by atoms with Crippen molar-refractivity contribution in [3.63, 3.8) is 0 Å². The number of methoxy groups -OCH3 is 1. The lowest BCUT2D eigenvalue weighted by molar-refractivity contribution is -0.139. The smallest absolute Gasteiger partial charge is 0.416 e. The van der Waals surface area contributed by atoms with Gasteiger partial charge in [-0.1, -0.05) is 11.6 Å². The van der Waals surface area contributed by atoms with Crippen LogP contribution in [-0.4, -0.2) is 121 Å². The van der Waals surface area contributed by atoms with Crippen molar-refractivity contribution < 1.29 is 41.8 Å². The molecule has 1 aromatic heterocycles. The number of urea groups is 1. The average Bonchev–Trinajstić information content (AvgIpc) is 3.31. The second kappa shape index (κ2) is 20.2. The fourth-order valence-electron chi connectivity index (χ4n) is 9.78. The standard InChI is InChI=1S/C48H57ClF3N9O6/c1-28(33-22-34(48(50,51)52)25-35(53)23-33)54-44-38-26-37(42(66-3)27-40(38)55-29(2)56-44)30-4-6-31(7-5-30)45(63)60-18-16-58(17-19-60)20-21-67-36-10-13-59(14-11-36)46(64)32-8-9-39(49)41(24-32)61-15-12-43(62)57-47(61)65/h8-9,22-28,30-31,36H,4-7,10-21,53H2,1-3H3,(H,54,55,56)(H,57,62,65)/t28-,30?,31?/m1/s1. The number of carbonyl (C=O) groups is 4. The van der Waals surface area contributed by atoms with Gasteiger partial charge in [0.2, 0.25) is 11.8 Å². The van der Waals surface area contributed by atoms with Gasteiger partial charge in [-0.3, -0.25) is 29.5 Å². The molecule has 19 heteroatoms. The number of rotatable bonds is 12. The van der Waals surface area contributed by atoms with Crippen LogP contribution in [0.15, 0.2) is 48.5 Å². The van der Waals surface area contributed by atoms with E-state index >= 15 is 0 Å². The number of nitrogen functional groups attached to an aromatic ring is 1. The van der Waals surface area contributed by atoms with Gasteiger partial charge in [-0.15, -0.1) is 0 Å². The number of nitrogens with zero attached hydrogens (tertiary/aromatic N) is 6. The molecule has 1 aliphatic carbocycles. The molecule has 3 aromatic carbocycles. The molecular weight excluding hydrogens is 891 g/mol. The molecule has 3 aliphatic heterocycles. The molecule has 4 N–H and O–H groups in total. The molecule has 0 radical (unpaired) electrons. The monoisotopic (exact) mass is 947 g/mol. The number of imide groups is 1. The lowest BCUT2D eigenvalue weighted by Gasteiger charge is -2.38. The maximum atomic E-state index is 13.8. The van der Waals surface area contributed by atoms with Crippen molar-refractivity contribution in [1.82, 2.24) is 30.0 Å². The molecule has 0 unspecified atom stereocenters. The number of fused-ring (bicyclic) bond motifs is 1. The van der Waals surface area contributed by atoms with Gasteiger partial charge in [0, 0.05) is 87.4 Å². The maximum absolute atomic E-state index is 13.8. The van der Waals surface area contributed by atoms with Crippen LogP contribution in [0, 0.1) is 12.8 Å². The maximum Gasteiger partial charge on any atom is 0.416 e. The van der Waals surface area contributed by atoms with Crippen LogP contribution in [0.3, 0.4) is 0 Å². The summed E-state index contributed by atoms with van der Waals surface area (Å²) in [5, 5.41) is 6.66. The van der Waals surface area contributed by atoms with Crippen molar-refractivity contribution in [3.05, 3.63) is 81.6 Å². The number of hydrogen-bond acceptors (Lipinski definition) is 11. The van der Waals surface area contributed by atoms with E-state index < -0.39 is 23.8 Å². The third-order valence-electron chi connectivity index (χ3n) is 13.5. The molecule has 4 aliphatic rings. The van der Waals surface area contributed by atoms with Gasteiger partial charge in [-0.2, -0.15) is 13.2 Å². The number of nitrogens with one attached hydrogen (secondary N) is 2. The molecular formula is C48H57ClF3N9O6. The van der Waals surface area contributed by atoms with Crippen LogP contribution in [-0.2, 0) is 20.5 Å². The third-order valence-corrected chi connectivity index (χ3v) is 13.9. The Kier molecular flexibility index (Phi) is 14.4. The Morgan fingerprint density at radius 1 is 0.925 bits per heavy atom. The van der Waals surface area contributed by atoms with Crippen LogP contribution < -0.4 is 26.0 Å². The zero-order valence-corrected chi connectivity index (χ0v) is 38.7. The number of alkyl halides is 3. The van der Waals surface area contributed by atoms with Gasteiger partial charge in [0.25, 0.3) is 5.91 Å². The van der Waals surface area contributed by atoms with E-state index in [4.69, 9.17) is 26.8 Å². The summed E-state index contributed by atoms with van der Waals surface area (Å²) in [6, 6.07) is 11.2. The van der Waals surface area contributed by atoms with E-state index in [0.29, 0.717) is 90.4 Å². The first kappa shape index (κ1) is 47.8. The number of aryl methyl sites for hydroxylation is 1. The third kappa shape index (κ3) is 11.0. The summed E-state index contributed by atoms with van der Waals surface area (Å²) in [4.78, 5) is 68.1. The van der Waals surface area contributed by atoms with Crippen LogP contribution in [0.4, 0.5) is 35.2 Å². The van der Waals surface area contributed by atoms with E-state index in [9.17, 15) is 32.3 Å². The fraction of sp³-hybridized carbons (Fsp3) is 0.500. The van der Waals surface area contributed by atoms with Crippen LogP contribution in [0.5, 0.6) is 5.75 Å². The van der Waals surface area contributed by atoms with Crippen molar-refractivity contribution in [2.45, 2.75) is 83.0 Å². The van der Waals surface area contributed by atoms with E-state index in [-0.39, 0.29) is 54.3 Å². The van der Waals surface area contributed by atoms with Gasteiger partial charge >= 0.3 is 12.2 Å². The zero-order chi connectivity index (χ0) is 47.6. The van der Waals surface area contributed by atoms with Crippen LogP contribution in [0.2, 0.25) is 5.02 Å². The highest BCUT2D eigenvalue weighted by Crippen LogP contribution is 2.43. The van der Waals surface area contributed by atoms with Gasteiger partial charge in [0.1, 0.15) is 17.4 Å². The van der Waals surface area contributed by atoms with Crippen molar-refractivity contribution in [2.24, 2.45) is 5.92 Å². The number of piperidine rings is 1. The first-order valence-electron chi connectivity index (χ1n) is 23.0. The zero-order valence-electron chi connectivity index (χ0n) is 38.0. The lowest BCUT2D eigenvalue weighted by Crippen LogP contribution is -2.51. The summed E-state index contributed by atoms with van der Waals surface area (Å²) < 4.78 is 53.0. The number of benzene rings is 3. The Morgan fingerprint density at radius 2 is 1.66 bits per heavy atom. The van der Waals surface area contributed by atoms with E-state index in [2.05, 4.69) is 25.5 Å². The Labute approximate surface area is 392 Å². The molecule has 0 bridgehead atoms. The molecule has 1 atom stereocenters. The number of carbonyl (C=O) groups excluding carboxylic acids is 4. The number of amides is 5. The number of likely N-dealkylation sites (tertiary alicyclic amines) is 1. The fourth-order valence-corrected chi connectivity index (χ4v) is 10.00. The van der Waals surface area contributed by atoms with Crippen LogP contribution in [0.25, 0.3) is 10.9 Å². The number of aromatic nitrogens is 2. The van der Waals surface area contributed by atoms with Crippen LogP contribution in [0.1, 0.15) is 96.7 Å². The summed E-state index contributed by atoms with van der Waals surface area (Å²) in [6.45, 7) is 8.95. The Balaban J connectivity index is 0.787. The summed E-state index contributed by atoms with van der Waals surface area (Å²) in [5.41, 5.74) is 7.92. The highest BCUT2D eigenvalue weighted by atomic mass is 35.5. The number of halogens is 4. The number of ether oxygens (including phenoxy) is 2. The van der Waals surface area contributed by atoms with Gasteiger partial charge in [0.05, 0.1) is 47.7 Å². The molecule has 358 valence electrons. The van der Waals surface area contributed by atoms with E-state index in [1.165, 1.54) is 11.0 Å². The summed E-state index contributed by atoms with van der Waals surface area (Å²) in [6.07, 6.45) is 0.135. The minimum atomic E-state index is -4.53. The highest BCUT2D eigenvalue weighted by molar-refractivity contribution is 6.34. The summed E-state index contributed by atoms with van der Waals surface area (Å²) in [5.74, 6) is 1.46. The number of piperazine rings is 1. The molecule has 15 nitrogen and oxygen atoms in total. The van der Waals surface area contributed by atoms with Gasteiger partial charge in [0.15, 0.2) is 0 Å². The second-order valence-corrected chi connectivity index (χ2v) is 18.4. The van der Waals surface area contributed by atoms with Crippen molar-refractivity contribution in [3.8, 4) is 5.75 Å². The average molecular weight is 948 g/mol. The van der Waals surface area contributed by atoms with Crippen LogP contribution >= 0.6 is 11.6 Å². The minimum absolute atomic E-state index is 0.0244. The molecule has 8 rings (SSSR count). The number of hydrogen-bond donors (Lipinski definition) is 3. The van der Waals surface area contributed by atoms with E-state index in [1.54, 1.807) is 44.1 Å². The topological polar surface area (TPSA) is 176 Å². The first-order valence-corrected chi connectivity index (χ1v) is 23.4. The van der Waals surface area contributed by atoms with Crippen molar-refractivity contribution in [1.29, 1.82) is 0 Å². The summed E-state index contributed by atoms with van der Waals surface area (Å²) in [7, 11) is 1.62. The highest BCUT2D eigenvalue weighted by Gasteiger charge is 2.35. The second-order valence-electron chi connectivity index (χ2n) is 18.0. The normalized spacial score (nSPS) is 20.5. The lowest BCUT2D eigenvalue weighted by atomic mass is 9.77. The molecule has 4 fully saturated rings. The van der Waals surface area contributed by atoms with Gasteiger partial charge < -0.3 is 30.3 Å². The first-order chi connectivity index (χ1) is 32.0. The Hall–Kier alpha value is -5.72. The molecule has 4 heterocycles. The van der Waals surface area contributed by atoms with E-state index in [1.807, 2.05) is 17.0 Å². The molecule has 5 amide bonds. The predicted octanol–water partition coefficient (Wildman–Crippen LogP) is 7.56. The molecule has 1 saturated carbocycles. The quantitative estimate of drug-likeness (QED) is 0.120. The van der Waals surface area contributed by atoms with Gasteiger partial charge in [-0.05, 0) is 112 Å². The number of anilines is 3. The molecule has 4 aromatic rings. The van der Waals surface area contributed by atoms with Crippen molar-refractivity contribution >= 4 is 63.4 Å². The summed E-state index contributed by atoms with van der Waals surface area (Å²) >= 11 is 6.39.